The van der Waals surface area contributed by atoms with E-state index in [1.54, 1.807) is 4.90 Å². The van der Waals surface area contributed by atoms with Crippen LogP contribution in [0.15, 0.2) is 89.4 Å². The summed E-state index contributed by atoms with van der Waals surface area (Å²) in [7, 11) is 0. The molecule has 34 heavy (non-hydrogen) atoms. The summed E-state index contributed by atoms with van der Waals surface area (Å²) >= 11 is 3.46. The maximum Gasteiger partial charge on any atom is 0.261 e. The number of ether oxygens (including phenoxy) is 1. The molecule has 0 heterocycles. The Bertz CT molecular complexity index is 1040. The van der Waals surface area contributed by atoms with Crippen molar-refractivity contribution in [3.05, 3.63) is 101 Å². The van der Waals surface area contributed by atoms with Crippen molar-refractivity contribution in [2.45, 2.75) is 32.9 Å². The Morgan fingerprint density at radius 1 is 0.882 bits per heavy atom. The molecule has 0 aromatic heterocycles. The molecule has 0 aliphatic carbocycles. The third-order valence-electron chi connectivity index (χ3n) is 5.33. The van der Waals surface area contributed by atoms with Gasteiger partial charge in [-0.3, -0.25) is 9.59 Å². The largest absolute Gasteiger partial charge is 0.484 e. The van der Waals surface area contributed by atoms with Gasteiger partial charge in [-0.25, -0.2) is 0 Å². The topological polar surface area (TPSA) is 58.6 Å². The number of hydrogen-bond acceptors (Lipinski definition) is 3. The molecule has 0 fully saturated rings. The summed E-state index contributed by atoms with van der Waals surface area (Å²) in [5.41, 5.74) is 1.93. The molecule has 178 valence electrons. The number of hydrogen-bond donors (Lipinski definition) is 1. The minimum absolute atomic E-state index is 0.150. The first-order valence-corrected chi connectivity index (χ1v) is 12.2. The zero-order valence-corrected chi connectivity index (χ0v) is 21.2. The fraction of sp³-hybridized carbons (Fsp3) is 0.286. The van der Waals surface area contributed by atoms with Gasteiger partial charge in [-0.2, -0.15) is 0 Å². The third-order valence-corrected chi connectivity index (χ3v) is 5.86. The van der Waals surface area contributed by atoms with Gasteiger partial charge < -0.3 is 15.0 Å². The van der Waals surface area contributed by atoms with Crippen molar-refractivity contribution in [3.63, 3.8) is 0 Å². The molecule has 0 radical (unpaired) electrons. The number of amides is 2. The van der Waals surface area contributed by atoms with E-state index in [4.69, 9.17) is 4.74 Å². The van der Waals surface area contributed by atoms with Crippen LogP contribution in [0.3, 0.4) is 0 Å². The molecule has 0 aliphatic heterocycles. The SMILES string of the molecule is CC(C)CNC(=O)[C@H](Cc1ccccc1)N(Cc1ccc(Br)cc1)C(=O)COc1ccccc1. The number of para-hydroxylation sites is 1. The zero-order chi connectivity index (χ0) is 24.3. The maximum absolute atomic E-state index is 13.5. The monoisotopic (exact) mass is 522 g/mol. The van der Waals surface area contributed by atoms with Crippen molar-refractivity contribution in [1.29, 1.82) is 0 Å². The van der Waals surface area contributed by atoms with Crippen LogP contribution in [0.25, 0.3) is 0 Å². The van der Waals surface area contributed by atoms with E-state index in [0.717, 1.165) is 15.6 Å². The number of carbonyl (C=O) groups is 2. The molecule has 0 saturated heterocycles. The van der Waals surface area contributed by atoms with Crippen LogP contribution in [0.1, 0.15) is 25.0 Å². The summed E-state index contributed by atoms with van der Waals surface area (Å²) in [6, 6.07) is 26.1. The first-order valence-electron chi connectivity index (χ1n) is 11.5. The number of nitrogens with one attached hydrogen (secondary N) is 1. The molecule has 0 saturated carbocycles. The summed E-state index contributed by atoms with van der Waals surface area (Å²) in [4.78, 5) is 28.5. The van der Waals surface area contributed by atoms with Crippen molar-refractivity contribution in [2.24, 2.45) is 5.92 Å². The predicted molar refractivity (Wildman–Crippen MR) is 138 cm³/mol. The molecule has 0 aliphatic rings. The number of benzene rings is 3. The van der Waals surface area contributed by atoms with Gasteiger partial charge in [0, 0.05) is 24.0 Å². The number of nitrogens with zero attached hydrogens (tertiary/aromatic N) is 1. The van der Waals surface area contributed by atoms with E-state index in [0.29, 0.717) is 31.2 Å². The van der Waals surface area contributed by atoms with E-state index in [-0.39, 0.29) is 18.4 Å². The lowest BCUT2D eigenvalue weighted by molar-refractivity contribution is -0.142. The lowest BCUT2D eigenvalue weighted by atomic mass is 10.0. The summed E-state index contributed by atoms with van der Waals surface area (Å²) in [6.07, 6.45) is 0.415. The summed E-state index contributed by atoms with van der Waals surface area (Å²) in [6.45, 7) is 4.79. The molecule has 1 atom stereocenters. The van der Waals surface area contributed by atoms with E-state index in [1.165, 1.54) is 0 Å². The molecule has 2 amide bonds. The first kappa shape index (κ1) is 25.5. The lowest BCUT2D eigenvalue weighted by Crippen LogP contribution is -2.52. The molecule has 3 rings (SSSR count). The normalized spacial score (nSPS) is 11.6. The Kier molecular flexibility index (Phi) is 9.71. The standard InChI is InChI=1S/C28H31BrN2O3/c1-21(2)18-30-28(33)26(17-22-9-5-3-6-10-22)31(19-23-13-15-24(29)16-14-23)27(32)20-34-25-11-7-4-8-12-25/h3-16,21,26H,17-20H2,1-2H3,(H,30,33)/t26-/m0/s1. The minimum Gasteiger partial charge on any atom is -0.484 e. The van der Waals surface area contributed by atoms with E-state index in [1.807, 2.05) is 98.8 Å². The Hall–Kier alpha value is -3.12. The smallest absolute Gasteiger partial charge is 0.261 e. The van der Waals surface area contributed by atoms with Crippen molar-refractivity contribution in [3.8, 4) is 5.75 Å². The van der Waals surface area contributed by atoms with Crippen LogP contribution in [-0.4, -0.2) is 35.9 Å². The van der Waals surface area contributed by atoms with Crippen molar-refractivity contribution in [2.75, 3.05) is 13.2 Å². The highest BCUT2D eigenvalue weighted by atomic mass is 79.9. The highest BCUT2D eigenvalue weighted by Crippen LogP contribution is 2.18. The van der Waals surface area contributed by atoms with Crippen LogP contribution >= 0.6 is 15.9 Å². The average Bonchev–Trinajstić information content (AvgIpc) is 2.85. The summed E-state index contributed by atoms with van der Waals surface area (Å²) < 4.78 is 6.71. The molecule has 3 aromatic rings. The van der Waals surface area contributed by atoms with Gasteiger partial charge in [0.15, 0.2) is 6.61 Å². The van der Waals surface area contributed by atoms with Crippen molar-refractivity contribution >= 4 is 27.7 Å². The van der Waals surface area contributed by atoms with Crippen LogP contribution < -0.4 is 10.1 Å². The zero-order valence-electron chi connectivity index (χ0n) is 19.6. The Morgan fingerprint density at radius 3 is 2.12 bits per heavy atom. The van der Waals surface area contributed by atoms with Gasteiger partial charge in [0.2, 0.25) is 5.91 Å². The fourth-order valence-corrected chi connectivity index (χ4v) is 3.77. The van der Waals surface area contributed by atoms with E-state index < -0.39 is 6.04 Å². The molecular weight excluding hydrogens is 492 g/mol. The Labute approximate surface area is 210 Å². The van der Waals surface area contributed by atoms with Crippen LogP contribution in [0.4, 0.5) is 0 Å². The minimum atomic E-state index is -0.670. The molecular formula is C28H31BrN2O3. The molecule has 0 spiro atoms. The second-order valence-electron chi connectivity index (χ2n) is 8.59. The van der Waals surface area contributed by atoms with E-state index in [9.17, 15) is 9.59 Å². The van der Waals surface area contributed by atoms with Gasteiger partial charge in [-0.1, -0.05) is 90.4 Å². The molecule has 1 N–H and O–H groups in total. The van der Waals surface area contributed by atoms with Crippen molar-refractivity contribution < 1.29 is 14.3 Å². The van der Waals surface area contributed by atoms with Crippen LogP contribution in [0, 0.1) is 5.92 Å². The Morgan fingerprint density at radius 2 is 1.50 bits per heavy atom. The van der Waals surface area contributed by atoms with Gasteiger partial charge >= 0.3 is 0 Å². The number of rotatable bonds is 11. The second kappa shape index (κ2) is 12.9. The van der Waals surface area contributed by atoms with Crippen LogP contribution in [0.5, 0.6) is 5.75 Å². The van der Waals surface area contributed by atoms with Gasteiger partial charge in [0.05, 0.1) is 0 Å². The average molecular weight is 523 g/mol. The lowest BCUT2D eigenvalue weighted by Gasteiger charge is -2.31. The van der Waals surface area contributed by atoms with Gasteiger partial charge in [0.25, 0.3) is 5.91 Å². The van der Waals surface area contributed by atoms with Crippen LogP contribution in [-0.2, 0) is 22.6 Å². The predicted octanol–water partition coefficient (Wildman–Crippen LogP) is 5.24. The quantitative estimate of drug-likeness (QED) is 0.374. The molecule has 0 bridgehead atoms. The first-order chi connectivity index (χ1) is 16.4. The molecule has 3 aromatic carbocycles. The van der Waals surface area contributed by atoms with Gasteiger partial charge in [-0.15, -0.1) is 0 Å². The van der Waals surface area contributed by atoms with E-state index in [2.05, 4.69) is 21.2 Å². The number of carbonyl (C=O) groups excluding carboxylic acids is 2. The fourth-order valence-electron chi connectivity index (χ4n) is 3.51. The van der Waals surface area contributed by atoms with E-state index >= 15 is 0 Å². The molecule has 6 heteroatoms. The Balaban J connectivity index is 1.88. The highest BCUT2D eigenvalue weighted by Gasteiger charge is 2.30. The highest BCUT2D eigenvalue weighted by molar-refractivity contribution is 9.10. The summed E-state index contributed by atoms with van der Waals surface area (Å²) in [5.74, 6) is 0.511. The van der Waals surface area contributed by atoms with Gasteiger partial charge in [-0.05, 0) is 41.3 Å². The van der Waals surface area contributed by atoms with Crippen LogP contribution in [0.2, 0.25) is 0 Å². The van der Waals surface area contributed by atoms with Gasteiger partial charge in [0.1, 0.15) is 11.8 Å². The molecule has 5 nitrogen and oxygen atoms in total. The molecule has 0 unspecified atom stereocenters. The number of halogens is 1. The maximum atomic E-state index is 13.5. The summed E-state index contributed by atoms with van der Waals surface area (Å²) in [5, 5.41) is 3.03. The third kappa shape index (κ3) is 8.03. The second-order valence-corrected chi connectivity index (χ2v) is 9.51. The van der Waals surface area contributed by atoms with Crippen molar-refractivity contribution in [1.82, 2.24) is 10.2 Å².